The van der Waals surface area contributed by atoms with Crippen LogP contribution in [0.2, 0.25) is 0 Å². The third-order valence-corrected chi connectivity index (χ3v) is 2.52. The second kappa shape index (κ2) is 4.62. The Bertz CT molecular complexity index is 406. The molecule has 2 N–H and O–H groups in total. The number of likely N-dealkylation sites (N-methyl/N-ethyl adjacent to an activating group) is 1. The fourth-order valence-electron chi connectivity index (χ4n) is 1.66. The van der Waals surface area contributed by atoms with E-state index in [2.05, 4.69) is 10.7 Å². The van der Waals surface area contributed by atoms with Crippen LogP contribution >= 0.6 is 0 Å². The minimum Gasteiger partial charge on any atom is -0.334 e. The van der Waals surface area contributed by atoms with Gasteiger partial charge in [-0.1, -0.05) is 6.08 Å². The first-order chi connectivity index (χ1) is 8.36. The highest BCUT2D eigenvalue weighted by molar-refractivity contribution is 5.88. The highest BCUT2D eigenvalue weighted by Crippen LogP contribution is 2.28. The standard InChI is InChI=1S/C10H12F3N3O2/c1-16-9(5-6(15-16)10(11,12)13)18-8-4-2-3-7(17)14-8/h2-3,5,8-9,15H,4H2,1H3,(H,14,17). The molecular weight excluding hydrogens is 251 g/mol. The van der Waals surface area contributed by atoms with E-state index in [-0.39, 0.29) is 5.91 Å². The van der Waals surface area contributed by atoms with E-state index < -0.39 is 24.3 Å². The van der Waals surface area contributed by atoms with Gasteiger partial charge in [-0.2, -0.15) is 18.2 Å². The largest absolute Gasteiger partial charge is 0.432 e. The van der Waals surface area contributed by atoms with Crippen LogP contribution in [-0.2, 0) is 9.53 Å². The van der Waals surface area contributed by atoms with Gasteiger partial charge >= 0.3 is 6.18 Å². The molecular formula is C10H12F3N3O2. The maximum Gasteiger partial charge on any atom is 0.432 e. The van der Waals surface area contributed by atoms with Gasteiger partial charge in [-0.05, 0) is 12.2 Å². The van der Waals surface area contributed by atoms with E-state index in [0.717, 1.165) is 6.08 Å². The Hall–Kier alpha value is -1.54. The monoisotopic (exact) mass is 263 g/mol. The molecule has 0 aromatic rings. The maximum atomic E-state index is 12.5. The summed E-state index contributed by atoms with van der Waals surface area (Å²) in [5.41, 5.74) is 1.29. The number of halogens is 3. The van der Waals surface area contributed by atoms with Crippen molar-refractivity contribution in [2.45, 2.75) is 25.1 Å². The van der Waals surface area contributed by atoms with Gasteiger partial charge in [0.05, 0.1) is 0 Å². The van der Waals surface area contributed by atoms with E-state index in [1.54, 1.807) is 6.08 Å². The van der Waals surface area contributed by atoms with E-state index >= 15 is 0 Å². The average molecular weight is 263 g/mol. The van der Waals surface area contributed by atoms with E-state index in [9.17, 15) is 18.0 Å². The van der Waals surface area contributed by atoms with E-state index in [1.807, 2.05) is 0 Å². The summed E-state index contributed by atoms with van der Waals surface area (Å²) in [6, 6.07) is 0. The number of nitrogens with zero attached hydrogens (tertiary/aromatic N) is 1. The quantitative estimate of drug-likeness (QED) is 0.767. The molecule has 0 bridgehead atoms. The van der Waals surface area contributed by atoms with Crippen LogP contribution in [0, 0.1) is 0 Å². The Morgan fingerprint density at radius 2 is 2.22 bits per heavy atom. The van der Waals surface area contributed by atoms with Gasteiger partial charge in [-0.15, -0.1) is 0 Å². The van der Waals surface area contributed by atoms with Crippen molar-refractivity contribution in [1.29, 1.82) is 0 Å². The number of hydrogen-bond donors (Lipinski definition) is 2. The lowest BCUT2D eigenvalue weighted by Gasteiger charge is -2.26. The van der Waals surface area contributed by atoms with E-state index in [0.29, 0.717) is 6.42 Å². The lowest BCUT2D eigenvalue weighted by molar-refractivity contribution is -0.128. The van der Waals surface area contributed by atoms with Crippen LogP contribution in [0.25, 0.3) is 0 Å². The molecule has 2 rings (SSSR count). The van der Waals surface area contributed by atoms with Gasteiger partial charge in [0.25, 0.3) is 0 Å². The number of nitrogens with one attached hydrogen (secondary N) is 2. The molecule has 0 spiro atoms. The molecule has 0 saturated heterocycles. The van der Waals surface area contributed by atoms with Crippen molar-refractivity contribution < 1.29 is 22.7 Å². The van der Waals surface area contributed by atoms with Crippen LogP contribution in [0.4, 0.5) is 13.2 Å². The number of ether oxygens (including phenoxy) is 1. The van der Waals surface area contributed by atoms with Crippen LogP contribution < -0.4 is 10.7 Å². The van der Waals surface area contributed by atoms with Crippen molar-refractivity contribution in [3.63, 3.8) is 0 Å². The van der Waals surface area contributed by atoms with Gasteiger partial charge in [0.1, 0.15) is 11.9 Å². The summed E-state index contributed by atoms with van der Waals surface area (Å²) in [5.74, 6) is -0.320. The SMILES string of the molecule is CN1NC(C(F)(F)F)=CC1OC1CC=CC(=O)N1. The van der Waals surface area contributed by atoms with Gasteiger partial charge in [-0.25, -0.2) is 0 Å². The number of hydrazine groups is 1. The number of hydrogen-bond acceptors (Lipinski definition) is 4. The predicted molar refractivity (Wildman–Crippen MR) is 55.6 cm³/mol. The molecule has 5 nitrogen and oxygen atoms in total. The van der Waals surface area contributed by atoms with Gasteiger partial charge in [0.15, 0.2) is 6.23 Å². The van der Waals surface area contributed by atoms with Gasteiger partial charge in [0.2, 0.25) is 5.91 Å². The second-order valence-corrected chi connectivity index (χ2v) is 3.96. The third-order valence-electron chi connectivity index (χ3n) is 2.52. The zero-order chi connectivity index (χ0) is 13.3. The van der Waals surface area contributed by atoms with Crippen molar-refractivity contribution in [1.82, 2.24) is 15.8 Å². The van der Waals surface area contributed by atoms with Crippen LogP contribution in [0.1, 0.15) is 6.42 Å². The molecule has 0 aromatic carbocycles. The Morgan fingerprint density at radius 3 is 2.78 bits per heavy atom. The number of amides is 1. The van der Waals surface area contributed by atoms with Crippen LogP contribution in [0.15, 0.2) is 23.9 Å². The van der Waals surface area contributed by atoms with Gasteiger partial charge < -0.3 is 15.5 Å². The topological polar surface area (TPSA) is 53.6 Å². The smallest absolute Gasteiger partial charge is 0.334 e. The molecule has 2 aliphatic rings. The highest BCUT2D eigenvalue weighted by atomic mass is 19.4. The summed E-state index contributed by atoms with van der Waals surface area (Å²) in [7, 11) is 1.43. The second-order valence-electron chi connectivity index (χ2n) is 3.96. The van der Waals surface area contributed by atoms with E-state index in [4.69, 9.17) is 4.74 Å². The van der Waals surface area contributed by atoms with Crippen LogP contribution in [0.5, 0.6) is 0 Å². The van der Waals surface area contributed by atoms with Gasteiger partial charge in [0, 0.05) is 13.5 Å². The zero-order valence-electron chi connectivity index (χ0n) is 9.49. The third kappa shape index (κ3) is 2.82. The molecule has 8 heteroatoms. The van der Waals surface area contributed by atoms with Crippen LogP contribution in [0.3, 0.4) is 0 Å². The summed E-state index contributed by atoms with van der Waals surface area (Å²) < 4.78 is 42.7. The highest BCUT2D eigenvalue weighted by Gasteiger charge is 2.40. The van der Waals surface area contributed by atoms with Crippen LogP contribution in [-0.4, -0.2) is 36.6 Å². The summed E-state index contributed by atoms with van der Waals surface area (Å²) in [5, 5.41) is 3.69. The van der Waals surface area contributed by atoms with Crippen molar-refractivity contribution in [2.24, 2.45) is 0 Å². The Morgan fingerprint density at radius 1 is 1.50 bits per heavy atom. The molecule has 2 heterocycles. The van der Waals surface area contributed by atoms with Crippen molar-refractivity contribution in [2.75, 3.05) is 7.05 Å². The molecule has 100 valence electrons. The number of alkyl halides is 3. The lowest BCUT2D eigenvalue weighted by atomic mass is 10.2. The first kappa shape index (κ1) is 12.9. The van der Waals surface area contributed by atoms with E-state index in [1.165, 1.54) is 18.1 Å². The number of carbonyl (C=O) groups is 1. The van der Waals surface area contributed by atoms with Crippen molar-refractivity contribution in [3.8, 4) is 0 Å². The Balaban J connectivity index is 1.99. The Kier molecular flexibility index (Phi) is 3.31. The van der Waals surface area contributed by atoms with Gasteiger partial charge in [-0.3, -0.25) is 4.79 Å². The number of carbonyl (C=O) groups excluding carboxylic acids is 1. The minimum atomic E-state index is -4.44. The first-order valence-corrected chi connectivity index (χ1v) is 5.27. The fourth-order valence-corrected chi connectivity index (χ4v) is 1.66. The fraction of sp³-hybridized carbons (Fsp3) is 0.500. The molecule has 2 atom stereocenters. The minimum absolute atomic E-state index is 0.320. The molecule has 2 aliphatic heterocycles. The molecule has 0 fully saturated rings. The number of allylic oxidation sites excluding steroid dienone is 1. The maximum absolute atomic E-state index is 12.5. The van der Waals surface area contributed by atoms with Crippen molar-refractivity contribution in [3.05, 3.63) is 23.9 Å². The molecule has 0 radical (unpaired) electrons. The molecule has 0 aromatic heterocycles. The molecule has 2 unspecified atom stereocenters. The molecule has 0 aliphatic carbocycles. The molecule has 1 amide bonds. The number of rotatable bonds is 2. The lowest BCUT2D eigenvalue weighted by Crippen LogP contribution is -2.45. The first-order valence-electron chi connectivity index (χ1n) is 5.27. The summed E-state index contributed by atoms with van der Waals surface area (Å²) >= 11 is 0. The molecule has 18 heavy (non-hydrogen) atoms. The zero-order valence-corrected chi connectivity index (χ0v) is 9.49. The normalized spacial score (nSPS) is 28.9. The summed E-state index contributed by atoms with van der Waals surface area (Å²) in [6.07, 6.45) is -1.62. The summed E-state index contributed by atoms with van der Waals surface area (Å²) in [4.78, 5) is 11.0. The predicted octanol–water partition coefficient (Wildman–Crippen LogP) is 0.628. The summed E-state index contributed by atoms with van der Waals surface area (Å²) in [6.45, 7) is 0. The molecule has 0 saturated carbocycles. The van der Waals surface area contributed by atoms with Crippen molar-refractivity contribution >= 4 is 5.91 Å². The Labute approximate surface area is 101 Å². The average Bonchev–Trinajstić information content (AvgIpc) is 2.60.